The van der Waals surface area contributed by atoms with Crippen molar-refractivity contribution in [1.29, 1.82) is 0 Å². The standard InChI is InChI=1S/C22H14ClN5O2/c23-15-9-10-19(25-11-15)28-20(26-17-4-2-1-3-16(17)22(28)29)13-5-7-14(8-6-13)21-27-18(24)12-30-21/h1-12H,24H2. The van der Waals surface area contributed by atoms with Gasteiger partial charge < -0.3 is 10.2 Å². The minimum atomic E-state index is -0.213. The first-order chi connectivity index (χ1) is 14.6. The van der Waals surface area contributed by atoms with Crippen molar-refractivity contribution in [2.45, 2.75) is 0 Å². The van der Waals surface area contributed by atoms with Crippen molar-refractivity contribution >= 4 is 28.3 Å². The van der Waals surface area contributed by atoms with Crippen LogP contribution >= 0.6 is 11.6 Å². The first-order valence-electron chi connectivity index (χ1n) is 9.06. The number of pyridine rings is 1. The minimum absolute atomic E-state index is 0.213. The summed E-state index contributed by atoms with van der Waals surface area (Å²) in [6.45, 7) is 0. The van der Waals surface area contributed by atoms with Gasteiger partial charge in [-0.15, -0.1) is 0 Å². The van der Waals surface area contributed by atoms with Crippen LogP contribution in [0.15, 0.2) is 82.3 Å². The third-order valence-corrected chi connectivity index (χ3v) is 4.85. The van der Waals surface area contributed by atoms with Gasteiger partial charge in [-0.3, -0.25) is 4.79 Å². The molecule has 0 saturated heterocycles. The van der Waals surface area contributed by atoms with Crippen LogP contribution in [-0.4, -0.2) is 19.5 Å². The van der Waals surface area contributed by atoms with E-state index in [1.807, 2.05) is 42.5 Å². The summed E-state index contributed by atoms with van der Waals surface area (Å²) in [6, 6.07) is 17.9. The molecule has 5 rings (SSSR count). The monoisotopic (exact) mass is 415 g/mol. The van der Waals surface area contributed by atoms with Crippen LogP contribution in [0.25, 0.3) is 39.6 Å². The number of aromatic nitrogens is 4. The van der Waals surface area contributed by atoms with E-state index >= 15 is 0 Å². The van der Waals surface area contributed by atoms with E-state index in [4.69, 9.17) is 26.7 Å². The maximum Gasteiger partial charge on any atom is 0.267 e. The molecule has 0 spiro atoms. The fourth-order valence-electron chi connectivity index (χ4n) is 3.22. The molecule has 146 valence electrons. The molecule has 0 unspecified atom stereocenters. The van der Waals surface area contributed by atoms with Crippen molar-refractivity contribution in [1.82, 2.24) is 19.5 Å². The molecule has 0 atom stereocenters. The molecule has 0 saturated carbocycles. The summed E-state index contributed by atoms with van der Waals surface area (Å²) >= 11 is 5.98. The summed E-state index contributed by atoms with van der Waals surface area (Å²) in [7, 11) is 0. The van der Waals surface area contributed by atoms with Crippen molar-refractivity contribution in [2.24, 2.45) is 0 Å². The van der Waals surface area contributed by atoms with Gasteiger partial charge in [0.15, 0.2) is 5.82 Å². The number of fused-ring (bicyclic) bond motifs is 1. The predicted octanol–water partition coefficient (Wildman–Crippen LogP) is 4.34. The Kier molecular flexibility index (Phi) is 4.30. The Labute approximate surface area is 175 Å². The maximum atomic E-state index is 13.3. The molecule has 3 heterocycles. The Balaban J connectivity index is 1.72. The molecule has 7 nitrogen and oxygen atoms in total. The van der Waals surface area contributed by atoms with Gasteiger partial charge in [0.2, 0.25) is 5.89 Å². The smallest absolute Gasteiger partial charge is 0.267 e. The highest BCUT2D eigenvalue weighted by molar-refractivity contribution is 6.30. The summed E-state index contributed by atoms with van der Waals surface area (Å²) < 4.78 is 6.83. The molecule has 0 aliphatic rings. The fourth-order valence-corrected chi connectivity index (χ4v) is 3.33. The quantitative estimate of drug-likeness (QED) is 0.470. The summed E-state index contributed by atoms with van der Waals surface area (Å²) in [5, 5.41) is 0.988. The van der Waals surface area contributed by atoms with Crippen LogP contribution in [0.4, 0.5) is 5.82 Å². The molecule has 0 fully saturated rings. The van der Waals surface area contributed by atoms with Crippen LogP contribution < -0.4 is 11.3 Å². The van der Waals surface area contributed by atoms with E-state index in [2.05, 4.69) is 9.97 Å². The third kappa shape index (κ3) is 3.11. The molecule has 0 bridgehead atoms. The Morgan fingerprint density at radius 3 is 2.40 bits per heavy atom. The molecule has 5 aromatic rings. The average Bonchev–Trinajstić information content (AvgIpc) is 3.21. The van der Waals surface area contributed by atoms with Crippen LogP contribution in [0.2, 0.25) is 5.02 Å². The van der Waals surface area contributed by atoms with E-state index in [1.54, 1.807) is 18.2 Å². The molecule has 8 heteroatoms. The molecule has 3 aromatic heterocycles. The number of para-hydroxylation sites is 1. The lowest BCUT2D eigenvalue weighted by Gasteiger charge is -2.13. The largest absolute Gasteiger partial charge is 0.442 e. The van der Waals surface area contributed by atoms with E-state index in [-0.39, 0.29) is 5.56 Å². The number of benzene rings is 2. The molecular weight excluding hydrogens is 402 g/mol. The number of oxazole rings is 1. The Morgan fingerprint density at radius 1 is 0.933 bits per heavy atom. The molecule has 30 heavy (non-hydrogen) atoms. The van der Waals surface area contributed by atoms with Crippen LogP contribution in [0, 0.1) is 0 Å². The van der Waals surface area contributed by atoms with Crippen molar-refractivity contribution < 1.29 is 4.42 Å². The van der Waals surface area contributed by atoms with Crippen molar-refractivity contribution in [3.05, 3.63) is 88.5 Å². The van der Waals surface area contributed by atoms with Crippen LogP contribution in [0.3, 0.4) is 0 Å². The van der Waals surface area contributed by atoms with Gasteiger partial charge in [0.25, 0.3) is 5.56 Å². The molecule has 2 N–H and O–H groups in total. The highest BCUT2D eigenvalue weighted by Crippen LogP contribution is 2.26. The first-order valence-corrected chi connectivity index (χ1v) is 9.43. The maximum absolute atomic E-state index is 13.3. The van der Waals surface area contributed by atoms with Gasteiger partial charge in [-0.1, -0.05) is 35.9 Å². The fraction of sp³-hybridized carbons (Fsp3) is 0. The normalized spacial score (nSPS) is 11.1. The average molecular weight is 416 g/mol. The minimum Gasteiger partial charge on any atom is -0.442 e. The van der Waals surface area contributed by atoms with E-state index in [1.165, 1.54) is 17.0 Å². The number of nitrogens with zero attached hydrogens (tertiary/aromatic N) is 4. The SMILES string of the molecule is Nc1coc(-c2ccc(-c3nc4ccccc4c(=O)n3-c3ccc(Cl)cn3)cc2)n1. The summed E-state index contributed by atoms with van der Waals surface area (Å²) in [5.74, 6) is 1.63. The van der Waals surface area contributed by atoms with Crippen LogP contribution in [0.5, 0.6) is 0 Å². The lowest BCUT2D eigenvalue weighted by Crippen LogP contribution is -2.22. The van der Waals surface area contributed by atoms with E-state index in [9.17, 15) is 4.79 Å². The molecular formula is C22H14ClN5O2. The molecule has 0 aliphatic heterocycles. The molecule has 0 amide bonds. The molecule has 0 aliphatic carbocycles. The predicted molar refractivity (Wildman–Crippen MR) is 115 cm³/mol. The molecule has 2 aromatic carbocycles. The highest BCUT2D eigenvalue weighted by atomic mass is 35.5. The van der Waals surface area contributed by atoms with Gasteiger partial charge in [0, 0.05) is 17.3 Å². The van der Waals surface area contributed by atoms with Gasteiger partial charge in [0.05, 0.1) is 15.9 Å². The van der Waals surface area contributed by atoms with Crippen LogP contribution in [0.1, 0.15) is 0 Å². The number of hydrogen-bond acceptors (Lipinski definition) is 6. The number of rotatable bonds is 3. The zero-order valence-corrected chi connectivity index (χ0v) is 16.2. The topological polar surface area (TPSA) is 99.8 Å². The second-order valence-electron chi connectivity index (χ2n) is 6.58. The zero-order valence-electron chi connectivity index (χ0n) is 15.5. The van der Waals surface area contributed by atoms with Gasteiger partial charge in [0.1, 0.15) is 17.9 Å². The Bertz CT molecular complexity index is 1420. The number of halogens is 1. The first kappa shape index (κ1) is 18.1. The number of anilines is 1. The number of hydrogen-bond donors (Lipinski definition) is 1. The van der Waals surface area contributed by atoms with Gasteiger partial charge >= 0.3 is 0 Å². The zero-order chi connectivity index (χ0) is 20.7. The van der Waals surface area contributed by atoms with E-state index < -0.39 is 0 Å². The number of nitrogens with two attached hydrogens (primary N) is 1. The van der Waals surface area contributed by atoms with Crippen molar-refractivity contribution in [3.8, 4) is 28.7 Å². The second kappa shape index (κ2) is 7.13. The van der Waals surface area contributed by atoms with E-state index in [0.717, 1.165) is 11.1 Å². The highest BCUT2D eigenvalue weighted by Gasteiger charge is 2.16. The summed E-state index contributed by atoms with van der Waals surface area (Å²) in [5.41, 5.74) is 7.52. The van der Waals surface area contributed by atoms with Crippen molar-refractivity contribution in [2.75, 3.05) is 5.73 Å². The van der Waals surface area contributed by atoms with Gasteiger partial charge in [-0.05, 0) is 36.4 Å². The lowest BCUT2D eigenvalue weighted by molar-refractivity contribution is 0.575. The lowest BCUT2D eigenvalue weighted by atomic mass is 10.1. The molecule has 0 radical (unpaired) electrons. The number of nitrogen functional groups attached to an aromatic ring is 1. The van der Waals surface area contributed by atoms with Crippen LogP contribution in [-0.2, 0) is 0 Å². The van der Waals surface area contributed by atoms with Gasteiger partial charge in [-0.25, -0.2) is 14.5 Å². The van der Waals surface area contributed by atoms with Crippen molar-refractivity contribution in [3.63, 3.8) is 0 Å². The van der Waals surface area contributed by atoms with Gasteiger partial charge in [-0.2, -0.15) is 4.98 Å². The second-order valence-corrected chi connectivity index (χ2v) is 7.02. The van der Waals surface area contributed by atoms with E-state index in [0.29, 0.717) is 39.3 Å². The Morgan fingerprint density at radius 2 is 1.70 bits per heavy atom. The Hall–Kier alpha value is -3.97. The summed E-state index contributed by atoms with van der Waals surface area (Å²) in [4.78, 5) is 26.5. The third-order valence-electron chi connectivity index (χ3n) is 4.63. The summed E-state index contributed by atoms with van der Waals surface area (Å²) in [6.07, 6.45) is 2.89.